The Morgan fingerprint density at radius 2 is 1.68 bits per heavy atom. The van der Waals surface area contributed by atoms with Gasteiger partial charge in [-0.15, -0.1) is 0 Å². The molecule has 13 heteroatoms. The van der Waals surface area contributed by atoms with E-state index in [1.165, 1.54) is 6.07 Å². The van der Waals surface area contributed by atoms with Crippen LogP contribution in [-0.2, 0) is 24.8 Å². The van der Waals surface area contributed by atoms with Crippen LogP contribution in [0.15, 0.2) is 21.6 Å². The summed E-state index contributed by atoms with van der Waals surface area (Å²) in [6.45, 7) is 3.34. The fraction of sp³-hybridized carbons (Fsp3) is 0.600. The molecule has 0 bridgehead atoms. The van der Waals surface area contributed by atoms with Crippen molar-refractivity contribution in [3.63, 3.8) is 0 Å². The van der Waals surface area contributed by atoms with Crippen LogP contribution in [0.25, 0.3) is 0 Å². The summed E-state index contributed by atoms with van der Waals surface area (Å²) in [5.74, 6) is -1.52. The lowest BCUT2D eigenvalue weighted by Crippen LogP contribution is -2.60. The highest BCUT2D eigenvalue weighted by atomic mass is 32.2. The Labute approximate surface area is 163 Å². The molecule has 2 unspecified atom stereocenters. The summed E-state index contributed by atoms with van der Waals surface area (Å²) in [6, 6.07) is 1.37. The molecule has 1 fully saturated rings. The summed E-state index contributed by atoms with van der Waals surface area (Å²) in [7, 11) is -8.07. The van der Waals surface area contributed by atoms with Crippen LogP contribution in [0.5, 0.6) is 0 Å². The molecule has 6 N–H and O–H groups in total. The van der Waals surface area contributed by atoms with Crippen molar-refractivity contribution in [1.29, 1.82) is 0 Å². The van der Waals surface area contributed by atoms with Crippen molar-refractivity contribution >= 4 is 31.9 Å². The SMILES string of the molecule is CC(CC(C)NC(=O)C1(S(N)(=O)=O)CCC1)NC(=O)c1ccc(S(N)(=O)=O)o1. The van der Waals surface area contributed by atoms with Gasteiger partial charge in [0.15, 0.2) is 10.5 Å². The van der Waals surface area contributed by atoms with Crippen molar-refractivity contribution in [1.82, 2.24) is 10.6 Å². The molecule has 158 valence electrons. The minimum Gasteiger partial charge on any atom is -0.438 e. The second-order valence-electron chi connectivity index (χ2n) is 7.04. The minimum atomic E-state index is -4.05. The van der Waals surface area contributed by atoms with Crippen molar-refractivity contribution in [2.45, 2.75) is 61.5 Å². The molecule has 2 rings (SSSR count). The van der Waals surface area contributed by atoms with Gasteiger partial charge in [0.25, 0.3) is 15.9 Å². The molecule has 1 aliphatic rings. The van der Waals surface area contributed by atoms with E-state index in [1.54, 1.807) is 13.8 Å². The number of hydrogen-bond donors (Lipinski definition) is 4. The molecule has 0 saturated heterocycles. The number of nitrogens with one attached hydrogen (secondary N) is 2. The molecule has 2 atom stereocenters. The van der Waals surface area contributed by atoms with Gasteiger partial charge in [-0.3, -0.25) is 9.59 Å². The van der Waals surface area contributed by atoms with E-state index in [0.717, 1.165) is 6.07 Å². The lowest BCUT2D eigenvalue weighted by Gasteiger charge is -2.38. The number of amides is 2. The van der Waals surface area contributed by atoms with E-state index in [4.69, 9.17) is 14.7 Å². The number of sulfonamides is 2. The third-order valence-electron chi connectivity index (χ3n) is 4.67. The minimum absolute atomic E-state index is 0.182. The van der Waals surface area contributed by atoms with E-state index in [-0.39, 0.29) is 18.6 Å². The number of carbonyl (C=O) groups is 2. The summed E-state index contributed by atoms with van der Waals surface area (Å²) < 4.78 is 49.2. The predicted molar refractivity (Wildman–Crippen MR) is 98.9 cm³/mol. The molecule has 1 heterocycles. The average Bonchev–Trinajstić information content (AvgIpc) is 2.93. The quantitative estimate of drug-likeness (QED) is 0.407. The third kappa shape index (κ3) is 4.71. The Bertz CT molecular complexity index is 964. The van der Waals surface area contributed by atoms with Crippen LogP contribution in [0.3, 0.4) is 0 Å². The Morgan fingerprint density at radius 1 is 1.11 bits per heavy atom. The molecule has 1 aromatic heterocycles. The van der Waals surface area contributed by atoms with Crippen LogP contribution < -0.4 is 20.9 Å². The van der Waals surface area contributed by atoms with E-state index >= 15 is 0 Å². The van der Waals surface area contributed by atoms with Gasteiger partial charge in [-0.05, 0) is 51.7 Å². The van der Waals surface area contributed by atoms with Gasteiger partial charge in [-0.2, -0.15) is 0 Å². The molecule has 0 radical (unpaired) electrons. The fourth-order valence-electron chi connectivity index (χ4n) is 3.03. The molecular formula is C15H24N4O7S2. The van der Waals surface area contributed by atoms with Crippen molar-refractivity contribution in [3.8, 4) is 0 Å². The predicted octanol–water partition coefficient (Wildman–Crippen LogP) is -0.849. The van der Waals surface area contributed by atoms with E-state index in [9.17, 15) is 26.4 Å². The Hall–Kier alpha value is -1.96. The summed E-state index contributed by atoms with van der Waals surface area (Å²) >= 11 is 0. The zero-order valence-corrected chi connectivity index (χ0v) is 17.1. The van der Waals surface area contributed by atoms with Crippen LogP contribution >= 0.6 is 0 Å². The van der Waals surface area contributed by atoms with Crippen molar-refractivity contribution in [2.24, 2.45) is 10.3 Å². The van der Waals surface area contributed by atoms with E-state index in [0.29, 0.717) is 12.8 Å². The average molecular weight is 437 g/mol. The zero-order chi connectivity index (χ0) is 21.3. The first kappa shape index (κ1) is 22.3. The summed E-state index contributed by atoms with van der Waals surface area (Å²) in [4.78, 5) is 24.5. The molecule has 0 aliphatic heterocycles. The number of primary sulfonamides is 2. The fourth-order valence-corrected chi connectivity index (χ4v) is 4.67. The standard InChI is InChI=1S/C15H24N4O7S2/c1-9(18-13(20)11-4-5-12(26-11)27(16,22)23)8-10(2)19-14(21)15(6-3-7-15)28(17,24)25/h4-5,9-10H,3,6-8H2,1-2H3,(H,18,20)(H,19,21)(H2,16,22,23)(H2,17,24,25). The van der Waals surface area contributed by atoms with E-state index < -0.39 is 53.8 Å². The molecule has 1 aromatic rings. The zero-order valence-electron chi connectivity index (χ0n) is 15.5. The molecule has 1 aliphatic carbocycles. The molecular weight excluding hydrogens is 412 g/mol. The van der Waals surface area contributed by atoms with Crippen LogP contribution in [0.2, 0.25) is 0 Å². The number of rotatable bonds is 8. The molecule has 2 amide bonds. The number of carbonyl (C=O) groups excluding carboxylic acids is 2. The topological polar surface area (TPSA) is 192 Å². The van der Waals surface area contributed by atoms with Crippen LogP contribution in [0.4, 0.5) is 0 Å². The maximum absolute atomic E-state index is 12.4. The van der Waals surface area contributed by atoms with Gasteiger partial charge in [0, 0.05) is 12.1 Å². The van der Waals surface area contributed by atoms with Crippen LogP contribution in [-0.4, -0.2) is 45.5 Å². The molecule has 11 nitrogen and oxygen atoms in total. The van der Waals surface area contributed by atoms with Gasteiger partial charge >= 0.3 is 0 Å². The third-order valence-corrected chi connectivity index (χ3v) is 7.13. The largest absolute Gasteiger partial charge is 0.438 e. The van der Waals surface area contributed by atoms with Gasteiger partial charge in [0.2, 0.25) is 21.0 Å². The molecule has 0 spiro atoms. The smallest absolute Gasteiger partial charge is 0.287 e. The first-order valence-corrected chi connectivity index (χ1v) is 11.6. The normalized spacial score (nSPS) is 18.6. The number of nitrogens with two attached hydrogens (primary N) is 2. The summed E-state index contributed by atoms with van der Waals surface area (Å²) in [5.41, 5.74) is 0. The second-order valence-corrected chi connectivity index (χ2v) is 10.4. The Kier molecular flexibility index (Phi) is 6.23. The Morgan fingerprint density at radius 3 is 2.11 bits per heavy atom. The maximum Gasteiger partial charge on any atom is 0.287 e. The first-order chi connectivity index (χ1) is 12.8. The molecule has 1 saturated carbocycles. The van der Waals surface area contributed by atoms with Crippen LogP contribution in [0, 0.1) is 0 Å². The monoisotopic (exact) mass is 436 g/mol. The molecule has 28 heavy (non-hydrogen) atoms. The van der Waals surface area contributed by atoms with Crippen molar-refractivity contribution < 1.29 is 30.8 Å². The van der Waals surface area contributed by atoms with Gasteiger partial charge in [0.1, 0.15) is 0 Å². The van der Waals surface area contributed by atoms with Crippen LogP contribution in [0.1, 0.15) is 50.1 Å². The van der Waals surface area contributed by atoms with Crippen molar-refractivity contribution in [2.75, 3.05) is 0 Å². The lowest BCUT2D eigenvalue weighted by atomic mass is 9.83. The molecule has 0 aromatic carbocycles. The second kappa shape index (κ2) is 7.81. The lowest BCUT2D eigenvalue weighted by molar-refractivity contribution is -0.126. The summed E-state index contributed by atoms with van der Waals surface area (Å²) in [5, 5.41) is 14.8. The Balaban J connectivity index is 1.92. The van der Waals surface area contributed by atoms with E-state index in [2.05, 4.69) is 10.6 Å². The maximum atomic E-state index is 12.4. The summed E-state index contributed by atoms with van der Waals surface area (Å²) in [6.07, 6.45) is 1.26. The first-order valence-electron chi connectivity index (χ1n) is 8.53. The van der Waals surface area contributed by atoms with Crippen molar-refractivity contribution in [3.05, 3.63) is 17.9 Å². The van der Waals surface area contributed by atoms with Gasteiger partial charge in [0.05, 0.1) is 0 Å². The highest BCUT2D eigenvalue weighted by Crippen LogP contribution is 2.38. The highest BCUT2D eigenvalue weighted by Gasteiger charge is 2.53. The van der Waals surface area contributed by atoms with E-state index in [1.807, 2.05) is 0 Å². The number of furan rings is 1. The van der Waals surface area contributed by atoms with Gasteiger partial charge < -0.3 is 15.1 Å². The number of hydrogen-bond acceptors (Lipinski definition) is 7. The van der Waals surface area contributed by atoms with Gasteiger partial charge in [-0.1, -0.05) is 0 Å². The van der Waals surface area contributed by atoms with Gasteiger partial charge in [-0.25, -0.2) is 27.1 Å². The highest BCUT2D eigenvalue weighted by molar-refractivity contribution is 7.91.